The molecule has 1 fully saturated rings. The Bertz CT molecular complexity index is 1170. The first-order valence-corrected chi connectivity index (χ1v) is 10.5. The van der Waals surface area contributed by atoms with Gasteiger partial charge < -0.3 is 14.5 Å². The van der Waals surface area contributed by atoms with Crippen LogP contribution < -0.4 is 10.7 Å². The molecule has 1 N–H and O–H groups in total. The van der Waals surface area contributed by atoms with Gasteiger partial charge in [-0.2, -0.15) is 5.10 Å². The SMILES string of the molecule is Cc1ccc(C(CNC(=O)c2nn(-c3ccccc3F)c(C)cc2=O)N2CCOCC2)o1. The van der Waals surface area contributed by atoms with Crippen molar-refractivity contribution in [3.63, 3.8) is 0 Å². The summed E-state index contributed by atoms with van der Waals surface area (Å²) in [4.78, 5) is 27.6. The van der Waals surface area contributed by atoms with Gasteiger partial charge in [0.2, 0.25) is 5.43 Å². The molecule has 0 aliphatic carbocycles. The number of morpholine rings is 1. The van der Waals surface area contributed by atoms with Crippen molar-refractivity contribution >= 4 is 5.91 Å². The summed E-state index contributed by atoms with van der Waals surface area (Å²) in [5, 5.41) is 6.97. The number of hydrogen-bond acceptors (Lipinski definition) is 6. The van der Waals surface area contributed by atoms with Gasteiger partial charge in [0.25, 0.3) is 5.91 Å². The lowest BCUT2D eigenvalue weighted by atomic mass is 10.1. The van der Waals surface area contributed by atoms with E-state index >= 15 is 0 Å². The summed E-state index contributed by atoms with van der Waals surface area (Å²) < 4.78 is 26.8. The number of furan rings is 1. The third kappa shape index (κ3) is 4.63. The molecule has 0 radical (unpaired) electrons. The number of aromatic nitrogens is 2. The van der Waals surface area contributed by atoms with E-state index in [1.165, 1.54) is 22.9 Å². The highest BCUT2D eigenvalue weighted by atomic mass is 19.1. The van der Waals surface area contributed by atoms with Gasteiger partial charge in [-0.25, -0.2) is 9.07 Å². The zero-order chi connectivity index (χ0) is 22.7. The lowest BCUT2D eigenvalue weighted by Crippen LogP contribution is -2.44. The Hall–Kier alpha value is -3.30. The van der Waals surface area contributed by atoms with Gasteiger partial charge in [-0.05, 0) is 38.1 Å². The van der Waals surface area contributed by atoms with Crippen molar-refractivity contribution in [2.45, 2.75) is 19.9 Å². The minimum atomic E-state index is -0.623. The van der Waals surface area contributed by atoms with Gasteiger partial charge in [-0.15, -0.1) is 0 Å². The van der Waals surface area contributed by atoms with Crippen LogP contribution >= 0.6 is 0 Å². The van der Waals surface area contributed by atoms with E-state index in [9.17, 15) is 14.0 Å². The monoisotopic (exact) mass is 440 g/mol. The number of rotatable bonds is 6. The molecule has 1 aliphatic rings. The first-order valence-electron chi connectivity index (χ1n) is 10.5. The van der Waals surface area contributed by atoms with Crippen molar-refractivity contribution in [3.8, 4) is 5.69 Å². The van der Waals surface area contributed by atoms with Gasteiger partial charge in [-0.1, -0.05) is 12.1 Å². The van der Waals surface area contributed by atoms with Crippen molar-refractivity contribution in [3.05, 3.63) is 81.4 Å². The molecule has 3 aromatic rings. The Balaban J connectivity index is 1.58. The number of para-hydroxylation sites is 1. The maximum absolute atomic E-state index is 14.3. The Labute approximate surface area is 184 Å². The second kappa shape index (κ2) is 9.46. The molecule has 0 saturated carbocycles. The minimum absolute atomic E-state index is 0.163. The van der Waals surface area contributed by atoms with E-state index in [2.05, 4.69) is 15.3 Å². The number of benzene rings is 1. The summed E-state index contributed by atoms with van der Waals surface area (Å²) >= 11 is 0. The fraction of sp³-hybridized carbons (Fsp3) is 0.348. The first-order chi connectivity index (χ1) is 15.4. The predicted octanol–water partition coefficient (Wildman–Crippen LogP) is 2.38. The van der Waals surface area contributed by atoms with Crippen LogP contribution in [0.5, 0.6) is 0 Å². The van der Waals surface area contributed by atoms with E-state index in [1.807, 2.05) is 19.1 Å². The van der Waals surface area contributed by atoms with Crippen LogP contribution in [0.15, 0.2) is 51.7 Å². The number of amides is 1. The van der Waals surface area contributed by atoms with E-state index in [4.69, 9.17) is 9.15 Å². The van der Waals surface area contributed by atoms with Gasteiger partial charge in [-0.3, -0.25) is 14.5 Å². The molecule has 1 unspecified atom stereocenters. The molecular weight excluding hydrogens is 415 g/mol. The lowest BCUT2D eigenvalue weighted by Gasteiger charge is -2.33. The Morgan fingerprint density at radius 2 is 1.94 bits per heavy atom. The highest BCUT2D eigenvalue weighted by Crippen LogP contribution is 2.23. The maximum Gasteiger partial charge on any atom is 0.275 e. The van der Waals surface area contributed by atoms with Gasteiger partial charge in [0.15, 0.2) is 5.69 Å². The molecule has 8 nitrogen and oxygen atoms in total. The van der Waals surface area contributed by atoms with Gasteiger partial charge in [0, 0.05) is 31.4 Å². The zero-order valence-electron chi connectivity index (χ0n) is 18.0. The third-order valence-corrected chi connectivity index (χ3v) is 5.44. The van der Waals surface area contributed by atoms with Gasteiger partial charge >= 0.3 is 0 Å². The zero-order valence-corrected chi connectivity index (χ0v) is 18.0. The number of carbonyl (C=O) groups excluding carboxylic acids is 1. The Morgan fingerprint density at radius 1 is 1.19 bits per heavy atom. The lowest BCUT2D eigenvalue weighted by molar-refractivity contribution is 0.0116. The average Bonchev–Trinajstić information content (AvgIpc) is 3.21. The van der Waals surface area contributed by atoms with Crippen LogP contribution in [0.25, 0.3) is 5.69 Å². The fourth-order valence-electron chi connectivity index (χ4n) is 3.78. The number of carbonyl (C=O) groups is 1. The third-order valence-electron chi connectivity index (χ3n) is 5.44. The van der Waals surface area contributed by atoms with Crippen LogP contribution in [0.4, 0.5) is 4.39 Å². The summed E-state index contributed by atoms with van der Waals surface area (Å²) in [6, 6.07) is 10.9. The quantitative estimate of drug-likeness (QED) is 0.633. The minimum Gasteiger partial charge on any atom is -0.465 e. The molecule has 1 atom stereocenters. The van der Waals surface area contributed by atoms with Gasteiger partial charge in [0.1, 0.15) is 23.0 Å². The number of aryl methyl sites for hydroxylation is 2. The van der Waals surface area contributed by atoms with Crippen LogP contribution in [0.1, 0.15) is 33.7 Å². The van der Waals surface area contributed by atoms with Crippen LogP contribution in [-0.4, -0.2) is 53.4 Å². The van der Waals surface area contributed by atoms with E-state index in [0.717, 1.165) is 11.5 Å². The number of ether oxygens (including phenoxy) is 1. The molecule has 1 aromatic carbocycles. The second-order valence-electron chi connectivity index (χ2n) is 7.68. The van der Waals surface area contributed by atoms with Crippen LogP contribution in [-0.2, 0) is 4.74 Å². The summed E-state index contributed by atoms with van der Waals surface area (Å²) in [5.41, 5.74) is -0.232. The molecule has 0 bridgehead atoms. The van der Waals surface area contributed by atoms with E-state index in [-0.39, 0.29) is 24.0 Å². The number of nitrogens with zero attached hydrogens (tertiary/aromatic N) is 3. The van der Waals surface area contributed by atoms with Crippen LogP contribution in [0.3, 0.4) is 0 Å². The number of hydrogen-bond donors (Lipinski definition) is 1. The van der Waals surface area contributed by atoms with Crippen molar-refractivity contribution in [2.24, 2.45) is 0 Å². The van der Waals surface area contributed by atoms with Crippen molar-refractivity contribution in [2.75, 3.05) is 32.8 Å². The molecule has 4 rings (SSSR count). The average molecular weight is 440 g/mol. The fourth-order valence-corrected chi connectivity index (χ4v) is 3.78. The number of halogens is 1. The van der Waals surface area contributed by atoms with Crippen molar-refractivity contribution in [1.82, 2.24) is 20.0 Å². The maximum atomic E-state index is 14.3. The molecule has 32 heavy (non-hydrogen) atoms. The molecule has 1 aliphatic heterocycles. The summed E-state index contributed by atoms with van der Waals surface area (Å²) in [6.45, 7) is 6.30. The molecule has 9 heteroatoms. The molecule has 1 saturated heterocycles. The molecule has 2 aromatic heterocycles. The number of nitrogens with one attached hydrogen (secondary N) is 1. The smallest absolute Gasteiger partial charge is 0.275 e. The van der Waals surface area contributed by atoms with Crippen molar-refractivity contribution < 1.29 is 18.3 Å². The normalized spacial score (nSPS) is 15.5. The Morgan fingerprint density at radius 3 is 2.62 bits per heavy atom. The van der Waals surface area contributed by atoms with Crippen LogP contribution in [0, 0.1) is 19.7 Å². The standard InChI is InChI=1S/C23H25FN4O4/c1-15-13-20(29)22(26-28(15)18-6-4-3-5-17(18)24)23(30)25-14-19(21-8-7-16(2)32-21)27-9-11-31-12-10-27/h3-8,13,19H,9-12,14H2,1-2H3,(H,25,30). The summed E-state index contributed by atoms with van der Waals surface area (Å²) in [7, 11) is 0. The van der Waals surface area contributed by atoms with Crippen molar-refractivity contribution in [1.29, 1.82) is 0 Å². The van der Waals surface area contributed by atoms with E-state index in [0.29, 0.717) is 32.0 Å². The summed E-state index contributed by atoms with van der Waals surface area (Å²) in [6.07, 6.45) is 0. The molecule has 3 heterocycles. The molecule has 1 amide bonds. The summed E-state index contributed by atoms with van der Waals surface area (Å²) in [5.74, 6) is 0.378. The van der Waals surface area contributed by atoms with E-state index < -0.39 is 17.2 Å². The van der Waals surface area contributed by atoms with Gasteiger partial charge in [0.05, 0.1) is 19.3 Å². The largest absolute Gasteiger partial charge is 0.465 e. The van der Waals surface area contributed by atoms with E-state index in [1.54, 1.807) is 19.1 Å². The molecular formula is C23H25FN4O4. The highest BCUT2D eigenvalue weighted by molar-refractivity contribution is 5.92. The molecule has 0 spiro atoms. The predicted molar refractivity (Wildman–Crippen MR) is 115 cm³/mol. The Kier molecular flexibility index (Phi) is 6.48. The molecule has 168 valence electrons. The first kappa shape index (κ1) is 21.9. The topological polar surface area (TPSA) is 89.6 Å². The van der Waals surface area contributed by atoms with Crippen LogP contribution in [0.2, 0.25) is 0 Å². The second-order valence-corrected chi connectivity index (χ2v) is 7.68. The highest BCUT2D eigenvalue weighted by Gasteiger charge is 2.26.